The molecule has 19 heavy (non-hydrogen) atoms. The van der Waals surface area contributed by atoms with E-state index in [0.717, 1.165) is 5.82 Å². The fourth-order valence-electron chi connectivity index (χ4n) is 1.73. The molecule has 0 radical (unpaired) electrons. The van der Waals surface area contributed by atoms with Gasteiger partial charge in [-0.2, -0.15) is 0 Å². The Kier molecular flexibility index (Phi) is 3.70. The maximum atomic E-state index is 11.9. The third-order valence-electron chi connectivity index (χ3n) is 2.74. The highest BCUT2D eigenvalue weighted by atomic mass is 16.5. The minimum Gasteiger partial charge on any atom is -0.494 e. The predicted molar refractivity (Wildman–Crippen MR) is 73.0 cm³/mol. The van der Waals surface area contributed by atoms with Crippen molar-refractivity contribution in [2.45, 2.75) is 13.5 Å². The van der Waals surface area contributed by atoms with Gasteiger partial charge in [0, 0.05) is 24.1 Å². The molecule has 1 aromatic heterocycles. The molecule has 0 aliphatic carbocycles. The third-order valence-corrected chi connectivity index (χ3v) is 2.74. The van der Waals surface area contributed by atoms with Crippen LogP contribution in [0.5, 0.6) is 5.75 Å². The molecule has 0 bridgehead atoms. The number of carbonyl (C=O) groups is 1. The van der Waals surface area contributed by atoms with Gasteiger partial charge in [0.05, 0.1) is 12.8 Å². The van der Waals surface area contributed by atoms with Gasteiger partial charge in [-0.3, -0.25) is 4.79 Å². The Morgan fingerprint density at radius 2 is 2.32 bits per heavy atom. The first-order valence-electron chi connectivity index (χ1n) is 5.81. The SMILES string of the molecule is COc1cc(N)ccc1NC(=O)Cn1ccnc1C. The second-order valence-corrected chi connectivity index (χ2v) is 4.11. The zero-order chi connectivity index (χ0) is 13.8. The predicted octanol–water partition coefficient (Wildman–Crippen LogP) is 1.42. The molecule has 6 nitrogen and oxygen atoms in total. The van der Waals surface area contributed by atoms with Crippen molar-refractivity contribution in [3.63, 3.8) is 0 Å². The fraction of sp³-hybridized carbons (Fsp3) is 0.231. The van der Waals surface area contributed by atoms with Crippen molar-refractivity contribution in [1.29, 1.82) is 0 Å². The van der Waals surface area contributed by atoms with Gasteiger partial charge in [-0.25, -0.2) is 4.98 Å². The fourth-order valence-corrected chi connectivity index (χ4v) is 1.73. The number of ether oxygens (including phenoxy) is 1. The van der Waals surface area contributed by atoms with E-state index in [1.54, 1.807) is 35.2 Å². The number of rotatable bonds is 4. The summed E-state index contributed by atoms with van der Waals surface area (Å²) in [5, 5.41) is 2.79. The van der Waals surface area contributed by atoms with Crippen molar-refractivity contribution >= 4 is 17.3 Å². The molecule has 3 N–H and O–H groups in total. The minimum atomic E-state index is -0.149. The highest BCUT2D eigenvalue weighted by Crippen LogP contribution is 2.26. The van der Waals surface area contributed by atoms with Gasteiger partial charge >= 0.3 is 0 Å². The van der Waals surface area contributed by atoms with Crippen LogP contribution in [0, 0.1) is 6.92 Å². The number of carbonyl (C=O) groups excluding carboxylic acids is 1. The summed E-state index contributed by atoms with van der Waals surface area (Å²) in [5.41, 5.74) is 6.84. The number of nitrogens with one attached hydrogen (secondary N) is 1. The summed E-state index contributed by atoms with van der Waals surface area (Å²) in [6, 6.07) is 5.09. The molecular weight excluding hydrogens is 244 g/mol. The molecule has 100 valence electrons. The number of nitrogen functional groups attached to an aromatic ring is 1. The van der Waals surface area contributed by atoms with Crippen molar-refractivity contribution in [2.24, 2.45) is 0 Å². The number of hydrogen-bond acceptors (Lipinski definition) is 4. The van der Waals surface area contributed by atoms with Crippen molar-refractivity contribution < 1.29 is 9.53 Å². The minimum absolute atomic E-state index is 0.149. The van der Waals surface area contributed by atoms with E-state index in [1.165, 1.54) is 7.11 Å². The van der Waals surface area contributed by atoms with E-state index in [2.05, 4.69) is 10.3 Å². The number of hydrogen-bond donors (Lipinski definition) is 2. The Morgan fingerprint density at radius 3 is 2.95 bits per heavy atom. The quantitative estimate of drug-likeness (QED) is 0.814. The summed E-state index contributed by atoms with van der Waals surface area (Å²) in [4.78, 5) is 16.0. The van der Waals surface area contributed by atoms with Crippen LogP contribution in [0.4, 0.5) is 11.4 Å². The lowest BCUT2D eigenvalue weighted by atomic mass is 10.2. The van der Waals surface area contributed by atoms with Gasteiger partial charge in [-0.15, -0.1) is 0 Å². The zero-order valence-corrected chi connectivity index (χ0v) is 10.9. The maximum absolute atomic E-state index is 11.9. The van der Waals surface area contributed by atoms with Crippen LogP contribution in [0.15, 0.2) is 30.6 Å². The number of methoxy groups -OCH3 is 1. The number of amides is 1. The first kappa shape index (κ1) is 12.9. The number of imidazole rings is 1. The van der Waals surface area contributed by atoms with Gasteiger partial charge in [-0.1, -0.05) is 0 Å². The van der Waals surface area contributed by atoms with E-state index >= 15 is 0 Å². The molecule has 1 heterocycles. The number of aromatic nitrogens is 2. The van der Waals surface area contributed by atoms with Crippen LogP contribution >= 0.6 is 0 Å². The highest BCUT2D eigenvalue weighted by molar-refractivity contribution is 5.92. The first-order chi connectivity index (χ1) is 9.10. The Hall–Kier alpha value is -2.50. The molecule has 0 saturated heterocycles. The van der Waals surface area contributed by atoms with E-state index in [-0.39, 0.29) is 12.5 Å². The zero-order valence-electron chi connectivity index (χ0n) is 10.9. The molecule has 0 aliphatic heterocycles. The first-order valence-corrected chi connectivity index (χ1v) is 5.81. The van der Waals surface area contributed by atoms with Crippen LogP contribution in [0.1, 0.15) is 5.82 Å². The molecule has 0 saturated carbocycles. The molecule has 0 unspecified atom stereocenters. The van der Waals surface area contributed by atoms with Crippen LogP contribution in [0.25, 0.3) is 0 Å². The molecule has 0 fully saturated rings. The summed E-state index contributed by atoms with van der Waals surface area (Å²) in [5.74, 6) is 1.18. The summed E-state index contributed by atoms with van der Waals surface area (Å²) < 4.78 is 6.94. The topological polar surface area (TPSA) is 82.2 Å². The second-order valence-electron chi connectivity index (χ2n) is 4.11. The molecule has 6 heteroatoms. The summed E-state index contributed by atoms with van der Waals surface area (Å²) in [7, 11) is 1.53. The Balaban J connectivity index is 2.09. The lowest BCUT2D eigenvalue weighted by molar-refractivity contribution is -0.116. The number of nitrogens with zero attached hydrogens (tertiary/aromatic N) is 2. The molecule has 2 rings (SSSR count). The summed E-state index contributed by atoms with van der Waals surface area (Å²) in [6.45, 7) is 2.05. The summed E-state index contributed by atoms with van der Waals surface area (Å²) >= 11 is 0. The maximum Gasteiger partial charge on any atom is 0.244 e. The van der Waals surface area contributed by atoms with E-state index in [0.29, 0.717) is 17.1 Å². The lowest BCUT2D eigenvalue weighted by Crippen LogP contribution is -2.19. The molecule has 0 spiro atoms. The van der Waals surface area contributed by atoms with Crippen LogP contribution < -0.4 is 15.8 Å². The Bertz CT molecular complexity index is 592. The molecule has 1 amide bonds. The Morgan fingerprint density at radius 1 is 1.53 bits per heavy atom. The molecular formula is C13H16N4O2. The Labute approximate surface area is 111 Å². The molecule has 0 atom stereocenters. The van der Waals surface area contributed by atoms with Crippen molar-refractivity contribution in [3.8, 4) is 5.75 Å². The normalized spacial score (nSPS) is 10.2. The van der Waals surface area contributed by atoms with Crippen LogP contribution in [0.3, 0.4) is 0 Å². The van der Waals surface area contributed by atoms with Gasteiger partial charge in [0.1, 0.15) is 18.1 Å². The van der Waals surface area contributed by atoms with Crippen molar-refractivity contribution in [3.05, 3.63) is 36.4 Å². The highest BCUT2D eigenvalue weighted by Gasteiger charge is 2.09. The molecule has 1 aromatic carbocycles. The van der Waals surface area contributed by atoms with E-state index in [1.807, 2.05) is 6.92 Å². The van der Waals surface area contributed by atoms with Crippen molar-refractivity contribution in [1.82, 2.24) is 9.55 Å². The number of anilines is 2. The number of aryl methyl sites for hydroxylation is 1. The smallest absolute Gasteiger partial charge is 0.244 e. The standard InChI is InChI=1S/C13H16N4O2/c1-9-15-5-6-17(9)8-13(18)16-11-4-3-10(14)7-12(11)19-2/h3-7H,8,14H2,1-2H3,(H,16,18). The van der Waals surface area contributed by atoms with Gasteiger partial charge in [0.25, 0.3) is 0 Å². The number of nitrogens with two attached hydrogens (primary N) is 1. The second kappa shape index (κ2) is 5.43. The van der Waals surface area contributed by atoms with Crippen LogP contribution in [-0.4, -0.2) is 22.6 Å². The summed E-state index contributed by atoms with van der Waals surface area (Å²) in [6.07, 6.45) is 3.42. The van der Waals surface area contributed by atoms with E-state index in [4.69, 9.17) is 10.5 Å². The average molecular weight is 260 g/mol. The van der Waals surface area contributed by atoms with Gasteiger partial charge in [-0.05, 0) is 19.1 Å². The molecule has 2 aromatic rings. The van der Waals surface area contributed by atoms with Crippen LogP contribution in [-0.2, 0) is 11.3 Å². The van der Waals surface area contributed by atoms with E-state index < -0.39 is 0 Å². The number of benzene rings is 1. The third kappa shape index (κ3) is 3.04. The monoisotopic (exact) mass is 260 g/mol. The van der Waals surface area contributed by atoms with Crippen LogP contribution in [0.2, 0.25) is 0 Å². The lowest BCUT2D eigenvalue weighted by Gasteiger charge is -2.11. The van der Waals surface area contributed by atoms with E-state index in [9.17, 15) is 4.79 Å². The van der Waals surface area contributed by atoms with Gasteiger partial charge < -0.3 is 20.4 Å². The average Bonchev–Trinajstić information content (AvgIpc) is 2.77. The van der Waals surface area contributed by atoms with Crippen molar-refractivity contribution in [2.75, 3.05) is 18.2 Å². The van der Waals surface area contributed by atoms with Gasteiger partial charge in [0.2, 0.25) is 5.91 Å². The largest absolute Gasteiger partial charge is 0.494 e. The molecule has 0 aliphatic rings. The van der Waals surface area contributed by atoms with Gasteiger partial charge in [0.15, 0.2) is 0 Å².